The van der Waals surface area contributed by atoms with Crippen LogP contribution in [0.1, 0.15) is 27.7 Å². The molecule has 0 rings (SSSR count). The number of aliphatic carboxylic acids is 1. The second-order valence-electron chi connectivity index (χ2n) is 4.26. The van der Waals surface area contributed by atoms with Crippen LogP contribution in [0.5, 0.6) is 0 Å². The van der Waals surface area contributed by atoms with Crippen LogP contribution in [0.15, 0.2) is 11.6 Å². The van der Waals surface area contributed by atoms with E-state index in [4.69, 9.17) is 5.11 Å². The number of hydrogen-bond acceptors (Lipinski definition) is 2. The Bertz CT molecular complexity index is 205. The molecule has 0 amide bonds. The summed E-state index contributed by atoms with van der Waals surface area (Å²) < 4.78 is 0. The third-order valence-corrected chi connectivity index (χ3v) is 1.74. The van der Waals surface area contributed by atoms with Crippen LogP contribution in [-0.2, 0) is 4.79 Å². The van der Waals surface area contributed by atoms with E-state index in [1.54, 1.807) is 0 Å². The van der Waals surface area contributed by atoms with Gasteiger partial charge in [-0.15, -0.1) is 0 Å². The highest BCUT2D eigenvalue weighted by atomic mass is 16.4. The summed E-state index contributed by atoms with van der Waals surface area (Å²) in [5.74, 6) is -0.257. The van der Waals surface area contributed by atoms with Crippen LogP contribution in [0, 0.1) is 5.92 Å². The molecule has 0 spiro atoms. The molecule has 0 aliphatic rings. The topological polar surface area (TPSA) is 40.5 Å². The number of rotatable bonds is 6. The minimum absolute atomic E-state index is 0.127. The lowest BCUT2D eigenvalue weighted by atomic mass is 10.2. The van der Waals surface area contributed by atoms with Crippen molar-refractivity contribution < 1.29 is 9.90 Å². The van der Waals surface area contributed by atoms with Crippen LogP contribution in [0.2, 0.25) is 0 Å². The molecule has 0 aromatic rings. The molecule has 0 aromatic heterocycles. The Morgan fingerprint density at radius 3 is 2.36 bits per heavy atom. The van der Waals surface area contributed by atoms with Gasteiger partial charge in [-0.3, -0.25) is 9.69 Å². The lowest BCUT2D eigenvalue weighted by Gasteiger charge is -2.20. The maximum Gasteiger partial charge on any atom is 0.317 e. The molecular weight excluding hydrogens is 178 g/mol. The van der Waals surface area contributed by atoms with E-state index in [0.29, 0.717) is 5.92 Å². The van der Waals surface area contributed by atoms with E-state index in [-0.39, 0.29) is 6.54 Å². The second kappa shape index (κ2) is 6.60. The largest absolute Gasteiger partial charge is 0.480 e. The fourth-order valence-corrected chi connectivity index (χ4v) is 1.22. The van der Waals surface area contributed by atoms with Gasteiger partial charge in [0.15, 0.2) is 0 Å². The van der Waals surface area contributed by atoms with Gasteiger partial charge in [-0.25, -0.2) is 0 Å². The zero-order valence-corrected chi connectivity index (χ0v) is 9.58. The molecule has 0 aliphatic carbocycles. The van der Waals surface area contributed by atoms with Gasteiger partial charge in [0, 0.05) is 13.1 Å². The molecule has 14 heavy (non-hydrogen) atoms. The molecule has 0 aliphatic heterocycles. The van der Waals surface area contributed by atoms with Gasteiger partial charge in [0.25, 0.3) is 0 Å². The molecule has 82 valence electrons. The SMILES string of the molecule is CC(C)=CCN(CC(=O)O)CC(C)C. The average Bonchev–Trinajstić information content (AvgIpc) is 1.97. The normalized spacial score (nSPS) is 10.7. The van der Waals surface area contributed by atoms with Crippen molar-refractivity contribution in [1.29, 1.82) is 0 Å². The smallest absolute Gasteiger partial charge is 0.317 e. The van der Waals surface area contributed by atoms with Gasteiger partial charge in [-0.05, 0) is 19.8 Å². The van der Waals surface area contributed by atoms with Gasteiger partial charge in [0.1, 0.15) is 0 Å². The van der Waals surface area contributed by atoms with Gasteiger partial charge in [0.2, 0.25) is 0 Å². The number of hydrogen-bond donors (Lipinski definition) is 1. The first-order valence-electron chi connectivity index (χ1n) is 4.99. The molecule has 0 saturated carbocycles. The quantitative estimate of drug-likeness (QED) is 0.665. The molecule has 0 radical (unpaired) electrons. The van der Waals surface area contributed by atoms with Crippen LogP contribution >= 0.6 is 0 Å². The standard InChI is InChI=1S/C11H21NO2/c1-9(2)5-6-12(7-10(3)4)8-11(13)14/h5,10H,6-8H2,1-4H3,(H,13,14). The monoisotopic (exact) mass is 199 g/mol. The summed E-state index contributed by atoms with van der Waals surface area (Å²) in [5, 5.41) is 8.70. The zero-order valence-electron chi connectivity index (χ0n) is 9.58. The van der Waals surface area contributed by atoms with E-state index < -0.39 is 5.97 Å². The Labute approximate surface area is 86.4 Å². The highest BCUT2D eigenvalue weighted by Crippen LogP contribution is 2.00. The Hall–Kier alpha value is -0.830. The fourth-order valence-electron chi connectivity index (χ4n) is 1.22. The second-order valence-corrected chi connectivity index (χ2v) is 4.26. The summed E-state index contributed by atoms with van der Waals surface area (Å²) in [6.07, 6.45) is 2.06. The minimum Gasteiger partial charge on any atom is -0.480 e. The van der Waals surface area contributed by atoms with Gasteiger partial charge in [-0.2, -0.15) is 0 Å². The van der Waals surface area contributed by atoms with Gasteiger partial charge >= 0.3 is 5.97 Å². The molecule has 0 aromatic carbocycles. The van der Waals surface area contributed by atoms with Crippen molar-refractivity contribution >= 4 is 5.97 Å². The van der Waals surface area contributed by atoms with Crippen molar-refractivity contribution in [2.75, 3.05) is 19.6 Å². The number of carboxylic acids is 1. The maximum atomic E-state index is 10.6. The van der Waals surface area contributed by atoms with Gasteiger partial charge in [-0.1, -0.05) is 25.5 Å². The first-order valence-corrected chi connectivity index (χ1v) is 4.99. The van der Waals surface area contributed by atoms with Crippen LogP contribution < -0.4 is 0 Å². The predicted octanol–water partition coefficient (Wildman–Crippen LogP) is 2.00. The molecule has 0 bridgehead atoms. The lowest BCUT2D eigenvalue weighted by molar-refractivity contribution is -0.138. The number of allylic oxidation sites excluding steroid dienone is 1. The van der Waals surface area contributed by atoms with Crippen LogP contribution in [0.4, 0.5) is 0 Å². The third-order valence-electron chi connectivity index (χ3n) is 1.74. The summed E-state index contributed by atoms with van der Waals surface area (Å²) in [7, 11) is 0. The summed E-state index contributed by atoms with van der Waals surface area (Å²) in [5.41, 5.74) is 1.23. The highest BCUT2D eigenvalue weighted by Gasteiger charge is 2.09. The molecule has 0 fully saturated rings. The lowest BCUT2D eigenvalue weighted by Crippen LogP contribution is -2.33. The van der Waals surface area contributed by atoms with E-state index in [9.17, 15) is 4.79 Å². The van der Waals surface area contributed by atoms with Crippen molar-refractivity contribution in [2.24, 2.45) is 5.92 Å². The molecule has 0 heterocycles. The first kappa shape index (κ1) is 13.2. The molecule has 3 nitrogen and oxygen atoms in total. The van der Waals surface area contributed by atoms with Crippen molar-refractivity contribution in [1.82, 2.24) is 4.90 Å². The van der Waals surface area contributed by atoms with E-state index in [1.807, 2.05) is 18.7 Å². The molecule has 3 heteroatoms. The van der Waals surface area contributed by atoms with Crippen molar-refractivity contribution in [3.8, 4) is 0 Å². The number of carbonyl (C=O) groups is 1. The van der Waals surface area contributed by atoms with Crippen molar-refractivity contribution in [3.63, 3.8) is 0 Å². The average molecular weight is 199 g/mol. The van der Waals surface area contributed by atoms with Gasteiger partial charge in [0.05, 0.1) is 6.54 Å². The number of nitrogens with zero attached hydrogens (tertiary/aromatic N) is 1. The molecule has 0 unspecified atom stereocenters. The summed E-state index contributed by atoms with van der Waals surface area (Å²) in [4.78, 5) is 12.5. The Balaban J connectivity index is 4.10. The van der Waals surface area contributed by atoms with E-state index >= 15 is 0 Å². The van der Waals surface area contributed by atoms with E-state index in [0.717, 1.165) is 13.1 Å². The summed E-state index contributed by atoms with van der Waals surface area (Å²) >= 11 is 0. The Kier molecular flexibility index (Phi) is 6.21. The fraction of sp³-hybridized carbons (Fsp3) is 0.727. The van der Waals surface area contributed by atoms with Gasteiger partial charge < -0.3 is 5.11 Å². The highest BCUT2D eigenvalue weighted by molar-refractivity contribution is 5.69. The van der Waals surface area contributed by atoms with E-state index in [1.165, 1.54) is 5.57 Å². The van der Waals surface area contributed by atoms with Crippen LogP contribution in [-0.4, -0.2) is 35.6 Å². The molecule has 0 atom stereocenters. The summed E-state index contributed by atoms with van der Waals surface area (Å²) in [6, 6.07) is 0. The van der Waals surface area contributed by atoms with Crippen LogP contribution in [0.3, 0.4) is 0 Å². The Morgan fingerprint density at radius 2 is 2.00 bits per heavy atom. The zero-order chi connectivity index (χ0) is 11.1. The summed E-state index contributed by atoms with van der Waals surface area (Å²) in [6.45, 7) is 9.92. The minimum atomic E-state index is -0.757. The van der Waals surface area contributed by atoms with Crippen molar-refractivity contribution in [2.45, 2.75) is 27.7 Å². The predicted molar refractivity (Wildman–Crippen MR) is 58.3 cm³/mol. The number of carboxylic acid groups (broad SMARTS) is 1. The third kappa shape index (κ3) is 7.80. The molecule has 1 N–H and O–H groups in total. The molecular formula is C11H21NO2. The maximum absolute atomic E-state index is 10.6. The Morgan fingerprint density at radius 1 is 1.43 bits per heavy atom. The first-order chi connectivity index (χ1) is 6.41. The molecule has 0 saturated heterocycles. The van der Waals surface area contributed by atoms with Crippen LogP contribution in [0.25, 0.3) is 0 Å². The van der Waals surface area contributed by atoms with Crippen molar-refractivity contribution in [3.05, 3.63) is 11.6 Å². The van der Waals surface area contributed by atoms with E-state index in [2.05, 4.69) is 19.9 Å².